The average Bonchev–Trinajstić information content (AvgIpc) is 2.28. The molecule has 0 aromatic rings. The fraction of sp³-hybridized carbons (Fsp3) is 0.909. The summed E-state index contributed by atoms with van der Waals surface area (Å²) in [6, 6.07) is 0.135. The summed E-state index contributed by atoms with van der Waals surface area (Å²) in [7, 11) is 1.44. The van der Waals surface area contributed by atoms with Gasteiger partial charge in [0.05, 0.1) is 13.0 Å². The van der Waals surface area contributed by atoms with E-state index in [1.54, 1.807) is 0 Å². The molecule has 2 unspecified atom stereocenters. The van der Waals surface area contributed by atoms with Gasteiger partial charge in [0.15, 0.2) is 0 Å². The first kappa shape index (κ1) is 12.5. The van der Waals surface area contributed by atoms with E-state index in [4.69, 9.17) is 4.74 Å². The van der Waals surface area contributed by atoms with E-state index in [9.17, 15) is 4.79 Å². The SMILES string of the molecule is COC(=O)C(C)C(C)NN1CCCCC1. The number of hydrazine groups is 1. The Bertz CT molecular complexity index is 203. The number of carbonyl (C=O) groups excluding carboxylic acids is 1. The Balaban J connectivity index is 2.32. The predicted molar refractivity (Wildman–Crippen MR) is 59.2 cm³/mol. The summed E-state index contributed by atoms with van der Waals surface area (Å²) in [5.41, 5.74) is 3.37. The zero-order valence-electron chi connectivity index (χ0n) is 9.95. The van der Waals surface area contributed by atoms with Gasteiger partial charge in [0.1, 0.15) is 0 Å². The number of nitrogens with zero attached hydrogens (tertiary/aromatic N) is 1. The lowest BCUT2D eigenvalue weighted by molar-refractivity contribution is -0.146. The van der Waals surface area contributed by atoms with Gasteiger partial charge < -0.3 is 4.74 Å². The molecule has 4 nitrogen and oxygen atoms in total. The van der Waals surface area contributed by atoms with Crippen LogP contribution < -0.4 is 5.43 Å². The number of rotatable bonds is 4. The van der Waals surface area contributed by atoms with E-state index in [1.165, 1.54) is 26.4 Å². The zero-order chi connectivity index (χ0) is 11.3. The minimum Gasteiger partial charge on any atom is -0.469 e. The van der Waals surface area contributed by atoms with E-state index in [0.29, 0.717) is 0 Å². The van der Waals surface area contributed by atoms with Crippen LogP contribution in [0.25, 0.3) is 0 Å². The van der Waals surface area contributed by atoms with E-state index in [-0.39, 0.29) is 17.9 Å². The number of nitrogens with one attached hydrogen (secondary N) is 1. The van der Waals surface area contributed by atoms with Gasteiger partial charge in [0.2, 0.25) is 0 Å². The molecule has 1 aliphatic heterocycles. The summed E-state index contributed by atoms with van der Waals surface area (Å²) in [4.78, 5) is 11.3. The zero-order valence-corrected chi connectivity index (χ0v) is 9.95. The molecule has 0 aliphatic carbocycles. The van der Waals surface area contributed by atoms with Gasteiger partial charge in [-0.3, -0.25) is 10.2 Å². The van der Waals surface area contributed by atoms with Crippen molar-refractivity contribution in [2.75, 3.05) is 20.2 Å². The third kappa shape index (κ3) is 3.80. The van der Waals surface area contributed by atoms with Crippen LogP contribution in [-0.4, -0.2) is 37.2 Å². The lowest BCUT2D eigenvalue weighted by Gasteiger charge is -2.31. The molecule has 88 valence electrons. The molecule has 0 aromatic heterocycles. The quantitative estimate of drug-likeness (QED) is 0.713. The number of methoxy groups -OCH3 is 1. The summed E-state index contributed by atoms with van der Waals surface area (Å²) < 4.78 is 4.72. The molecule has 1 N–H and O–H groups in total. The topological polar surface area (TPSA) is 41.6 Å². The lowest BCUT2D eigenvalue weighted by Crippen LogP contribution is -2.49. The first-order valence-corrected chi connectivity index (χ1v) is 5.74. The second kappa shape index (κ2) is 6.08. The second-order valence-corrected chi connectivity index (χ2v) is 4.28. The Morgan fingerprint density at radius 1 is 1.27 bits per heavy atom. The van der Waals surface area contributed by atoms with Crippen molar-refractivity contribution in [3.05, 3.63) is 0 Å². The highest BCUT2D eigenvalue weighted by molar-refractivity contribution is 5.72. The van der Waals surface area contributed by atoms with Crippen molar-refractivity contribution < 1.29 is 9.53 Å². The predicted octanol–water partition coefficient (Wildman–Crippen LogP) is 1.17. The Kier molecular flexibility index (Phi) is 5.05. The molecule has 1 heterocycles. The molecule has 2 atom stereocenters. The molecule has 0 spiro atoms. The van der Waals surface area contributed by atoms with Gasteiger partial charge in [0, 0.05) is 19.1 Å². The molecule has 1 fully saturated rings. The summed E-state index contributed by atoms with van der Waals surface area (Å²) >= 11 is 0. The van der Waals surface area contributed by atoms with Crippen molar-refractivity contribution in [2.24, 2.45) is 5.92 Å². The van der Waals surface area contributed by atoms with Gasteiger partial charge in [-0.15, -0.1) is 0 Å². The number of hydrogen-bond acceptors (Lipinski definition) is 4. The highest BCUT2D eigenvalue weighted by atomic mass is 16.5. The van der Waals surface area contributed by atoms with Crippen LogP contribution >= 0.6 is 0 Å². The van der Waals surface area contributed by atoms with Crippen molar-refractivity contribution in [3.8, 4) is 0 Å². The fourth-order valence-corrected chi connectivity index (χ4v) is 1.81. The molecule has 4 heteroatoms. The highest BCUT2D eigenvalue weighted by Crippen LogP contribution is 2.10. The maximum Gasteiger partial charge on any atom is 0.310 e. The van der Waals surface area contributed by atoms with Crippen LogP contribution in [0.2, 0.25) is 0 Å². The van der Waals surface area contributed by atoms with Crippen LogP contribution in [0.5, 0.6) is 0 Å². The smallest absolute Gasteiger partial charge is 0.310 e. The molecular weight excluding hydrogens is 192 g/mol. The minimum atomic E-state index is -0.146. The van der Waals surface area contributed by atoms with Crippen LogP contribution in [-0.2, 0) is 9.53 Å². The molecular formula is C11H22N2O2. The van der Waals surface area contributed by atoms with E-state index in [1.807, 2.05) is 13.8 Å². The van der Waals surface area contributed by atoms with Crippen molar-refractivity contribution in [1.29, 1.82) is 0 Å². The number of ether oxygens (including phenoxy) is 1. The van der Waals surface area contributed by atoms with Gasteiger partial charge in [-0.1, -0.05) is 13.3 Å². The second-order valence-electron chi connectivity index (χ2n) is 4.28. The molecule has 0 bridgehead atoms. The third-order valence-corrected chi connectivity index (χ3v) is 3.07. The van der Waals surface area contributed by atoms with Gasteiger partial charge in [-0.25, -0.2) is 5.01 Å². The number of hydrogen-bond donors (Lipinski definition) is 1. The highest BCUT2D eigenvalue weighted by Gasteiger charge is 2.22. The average molecular weight is 214 g/mol. The molecule has 0 amide bonds. The maximum atomic E-state index is 11.3. The van der Waals surface area contributed by atoms with E-state index in [2.05, 4.69) is 10.4 Å². The van der Waals surface area contributed by atoms with E-state index >= 15 is 0 Å². The van der Waals surface area contributed by atoms with Crippen molar-refractivity contribution in [1.82, 2.24) is 10.4 Å². The minimum absolute atomic E-state index is 0.100. The standard InChI is InChI=1S/C11H22N2O2/c1-9(11(14)15-3)10(2)12-13-7-5-4-6-8-13/h9-10,12H,4-8H2,1-3H3. The molecule has 1 saturated heterocycles. The Hall–Kier alpha value is -0.610. The number of piperidine rings is 1. The molecule has 0 aromatic carbocycles. The van der Waals surface area contributed by atoms with Crippen LogP contribution in [0, 0.1) is 5.92 Å². The Morgan fingerprint density at radius 3 is 2.40 bits per heavy atom. The van der Waals surface area contributed by atoms with E-state index in [0.717, 1.165) is 13.1 Å². The number of carbonyl (C=O) groups is 1. The monoisotopic (exact) mass is 214 g/mol. The third-order valence-electron chi connectivity index (χ3n) is 3.07. The summed E-state index contributed by atoms with van der Waals surface area (Å²) in [6.07, 6.45) is 3.80. The molecule has 15 heavy (non-hydrogen) atoms. The maximum absolute atomic E-state index is 11.3. The summed E-state index contributed by atoms with van der Waals surface area (Å²) in [5.74, 6) is -0.246. The van der Waals surface area contributed by atoms with Crippen molar-refractivity contribution in [3.63, 3.8) is 0 Å². The molecule has 0 radical (unpaired) electrons. The molecule has 1 aliphatic rings. The van der Waals surface area contributed by atoms with Crippen molar-refractivity contribution in [2.45, 2.75) is 39.2 Å². The molecule has 0 saturated carbocycles. The van der Waals surface area contributed by atoms with Gasteiger partial charge in [0.25, 0.3) is 0 Å². The van der Waals surface area contributed by atoms with Crippen molar-refractivity contribution >= 4 is 5.97 Å². The van der Waals surface area contributed by atoms with Crippen LogP contribution in [0.15, 0.2) is 0 Å². The van der Waals surface area contributed by atoms with E-state index < -0.39 is 0 Å². The Labute approximate surface area is 91.9 Å². The first-order chi connectivity index (χ1) is 7.15. The van der Waals surface area contributed by atoms with Crippen LogP contribution in [0.1, 0.15) is 33.1 Å². The van der Waals surface area contributed by atoms with Crippen LogP contribution in [0.4, 0.5) is 0 Å². The summed E-state index contributed by atoms with van der Waals surface area (Å²) in [5, 5.41) is 2.22. The Morgan fingerprint density at radius 2 is 1.87 bits per heavy atom. The normalized spacial score (nSPS) is 22.1. The summed E-state index contributed by atoms with van der Waals surface area (Å²) in [6.45, 7) is 6.08. The molecule has 1 rings (SSSR count). The fourth-order valence-electron chi connectivity index (χ4n) is 1.81. The van der Waals surface area contributed by atoms with Gasteiger partial charge in [-0.05, 0) is 19.8 Å². The van der Waals surface area contributed by atoms with Gasteiger partial charge in [-0.2, -0.15) is 0 Å². The first-order valence-electron chi connectivity index (χ1n) is 5.74. The van der Waals surface area contributed by atoms with Crippen LogP contribution in [0.3, 0.4) is 0 Å². The largest absolute Gasteiger partial charge is 0.469 e. The lowest BCUT2D eigenvalue weighted by atomic mass is 10.0. The van der Waals surface area contributed by atoms with Gasteiger partial charge >= 0.3 is 5.97 Å². The number of esters is 1.